The van der Waals surface area contributed by atoms with Crippen LogP contribution < -0.4 is 21.1 Å². The summed E-state index contributed by atoms with van der Waals surface area (Å²) in [6.07, 6.45) is 5.88. The Hall–Kier alpha value is -2.40. The van der Waals surface area contributed by atoms with Gasteiger partial charge in [-0.1, -0.05) is 25.7 Å². The smallest absolute Gasteiger partial charge is 0.404 e. The van der Waals surface area contributed by atoms with Gasteiger partial charge in [0.1, 0.15) is 0 Å². The van der Waals surface area contributed by atoms with E-state index in [1.807, 2.05) is 4.90 Å². The van der Waals surface area contributed by atoms with Crippen LogP contribution in [-0.2, 0) is 4.79 Å². The van der Waals surface area contributed by atoms with E-state index in [1.54, 1.807) is 0 Å². The van der Waals surface area contributed by atoms with Gasteiger partial charge in [-0.05, 0) is 43.3 Å². The molecular formula is C21H31ClFN7O3. The topological polar surface area (TPSA) is 123 Å². The number of anilines is 2. The van der Waals surface area contributed by atoms with Gasteiger partial charge in [0, 0.05) is 32.2 Å². The zero-order valence-electron chi connectivity index (χ0n) is 18.5. The number of nitrogens with one attached hydrogen (secondary N) is 3. The predicted octanol–water partition coefficient (Wildman–Crippen LogP) is 2.46. The lowest BCUT2D eigenvalue weighted by Crippen LogP contribution is -2.50. The maximum absolute atomic E-state index is 15.3. The van der Waals surface area contributed by atoms with Crippen molar-refractivity contribution in [2.75, 3.05) is 43.0 Å². The number of hydrogen-bond donors (Lipinski definition) is 4. The molecule has 1 aliphatic carbocycles. The fraction of sp³-hybridized carbons (Fsp3) is 0.714. The van der Waals surface area contributed by atoms with Crippen LogP contribution >= 0.6 is 11.6 Å². The van der Waals surface area contributed by atoms with Crippen molar-refractivity contribution in [3.63, 3.8) is 0 Å². The first-order valence-corrected chi connectivity index (χ1v) is 12.0. The van der Waals surface area contributed by atoms with E-state index in [4.69, 9.17) is 16.7 Å². The van der Waals surface area contributed by atoms with Crippen molar-refractivity contribution in [3.05, 3.63) is 11.1 Å². The number of carbonyl (C=O) groups is 2. The number of halogens is 2. The van der Waals surface area contributed by atoms with Crippen LogP contribution in [0.3, 0.4) is 0 Å². The van der Waals surface area contributed by atoms with E-state index in [2.05, 4.69) is 31.0 Å². The van der Waals surface area contributed by atoms with Crippen molar-refractivity contribution in [2.24, 2.45) is 11.8 Å². The number of piperazine rings is 1. The Morgan fingerprint density at radius 3 is 2.70 bits per heavy atom. The van der Waals surface area contributed by atoms with Gasteiger partial charge in [0.15, 0.2) is 11.6 Å². The van der Waals surface area contributed by atoms with Crippen molar-refractivity contribution in [3.8, 4) is 0 Å². The number of rotatable bonds is 8. The van der Waals surface area contributed by atoms with Crippen molar-refractivity contribution in [1.82, 2.24) is 25.6 Å². The molecule has 1 aromatic heterocycles. The zero-order chi connectivity index (χ0) is 23.4. The first-order chi connectivity index (χ1) is 15.9. The van der Waals surface area contributed by atoms with Crippen molar-refractivity contribution in [2.45, 2.75) is 51.0 Å². The fourth-order valence-corrected chi connectivity index (χ4v) is 5.41. The van der Waals surface area contributed by atoms with Gasteiger partial charge in [-0.25, -0.2) is 4.79 Å². The lowest BCUT2D eigenvalue weighted by Gasteiger charge is -2.38. The second-order valence-electron chi connectivity index (χ2n) is 9.14. The fourth-order valence-electron chi connectivity index (χ4n) is 5.25. The number of nitrogens with zero attached hydrogens (tertiary/aromatic N) is 4. The molecule has 2 amide bonds. The summed E-state index contributed by atoms with van der Waals surface area (Å²) in [7, 11) is 0. The molecule has 3 fully saturated rings. The first kappa shape index (κ1) is 23.7. The molecule has 1 saturated carbocycles. The molecule has 3 aliphatic rings. The van der Waals surface area contributed by atoms with Gasteiger partial charge in [-0.15, -0.1) is 0 Å². The SMILES string of the molecule is O=C(O)NC[C@@H](CC1CCCC1)C(=O)NNc1nc(Cl)nc(N2CCN3CCC[C@@H]3C2)c1F. The number of fused-ring (bicyclic) bond motifs is 1. The average Bonchev–Trinajstić information content (AvgIpc) is 3.47. The van der Waals surface area contributed by atoms with Crippen LogP contribution in [0.5, 0.6) is 0 Å². The Morgan fingerprint density at radius 2 is 1.94 bits per heavy atom. The highest BCUT2D eigenvalue weighted by Crippen LogP contribution is 2.31. The third-order valence-corrected chi connectivity index (χ3v) is 7.13. The number of hydrazine groups is 1. The minimum Gasteiger partial charge on any atom is -0.465 e. The number of carboxylic acid groups (broad SMARTS) is 1. The maximum Gasteiger partial charge on any atom is 0.404 e. The van der Waals surface area contributed by atoms with Crippen LogP contribution in [0.4, 0.5) is 20.8 Å². The third kappa shape index (κ3) is 5.94. The minimum atomic E-state index is -1.19. The average molecular weight is 484 g/mol. The van der Waals surface area contributed by atoms with E-state index < -0.39 is 23.7 Å². The third-order valence-electron chi connectivity index (χ3n) is 6.96. The van der Waals surface area contributed by atoms with Crippen molar-refractivity contribution < 1.29 is 19.1 Å². The summed E-state index contributed by atoms with van der Waals surface area (Å²) in [5, 5.41) is 11.1. The van der Waals surface area contributed by atoms with E-state index in [-0.39, 0.29) is 23.5 Å². The molecule has 3 heterocycles. The van der Waals surface area contributed by atoms with Crippen LogP contribution in [0.2, 0.25) is 5.28 Å². The molecule has 2 atom stereocenters. The van der Waals surface area contributed by atoms with E-state index in [9.17, 15) is 9.59 Å². The number of aromatic nitrogens is 2. The van der Waals surface area contributed by atoms with E-state index in [1.165, 1.54) is 0 Å². The summed E-state index contributed by atoms with van der Waals surface area (Å²) < 4.78 is 15.3. The lowest BCUT2D eigenvalue weighted by molar-refractivity contribution is -0.124. The van der Waals surface area contributed by atoms with E-state index in [0.717, 1.165) is 51.6 Å². The normalized spacial score (nSPS) is 22.1. The molecule has 0 radical (unpaired) electrons. The molecule has 0 spiro atoms. The van der Waals surface area contributed by atoms with Gasteiger partial charge < -0.3 is 15.3 Å². The summed E-state index contributed by atoms with van der Waals surface area (Å²) in [6, 6.07) is 0.376. The molecule has 10 nitrogen and oxygen atoms in total. The highest BCUT2D eigenvalue weighted by atomic mass is 35.5. The molecule has 2 aliphatic heterocycles. The standard InChI is InChI=1S/C21H31ClFN7O3/c22-20-25-17(16(23)18(26-20)30-9-8-29-7-3-6-15(29)12-30)27-28-19(31)14(11-24-21(32)33)10-13-4-1-2-5-13/h13-15,24H,1-12H2,(H,28,31)(H,32,33)(H,25,26,27)/t14-,15-/m1/s1. The largest absolute Gasteiger partial charge is 0.465 e. The maximum atomic E-state index is 15.3. The minimum absolute atomic E-state index is 0.0106. The van der Waals surface area contributed by atoms with Crippen LogP contribution in [0, 0.1) is 17.7 Å². The summed E-state index contributed by atoms with van der Waals surface area (Å²) in [4.78, 5) is 36.0. The molecule has 0 bridgehead atoms. The van der Waals surface area contributed by atoms with E-state index in [0.29, 0.717) is 31.5 Å². The van der Waals surface area contributed by atoms with Crippen LogP contribution in [0.25, 0.3) is 0 Å². The van der Waals surface area contributed by atoms with Gasteiger partial charge in [-0.3, -0.25) is 20.5 Å². The molecule has 0 aromatic carbocycles. The number of hydrogen-bond acceptors (Lipinski definition) is 7. The van der Waals surface area contributed by atoms with Gasteiger partial charge in [0.25, 0.3) is 0 Å². The Kier molecular flexibility index (Phi) is 7.69. The quantitative estimate of drug-likeness (QED) is 0.328. The molecule has 182 valence electrons. The van der Waals surface area contributed by atoms with Gasteiger partial charge >= 0.3 is 6.09 Å². The van der Waals surface area contributed by atoms with Crippen molar-refractivity contribution >= 4 is 35.2 Å². The lowest BCUT2D eigenvalue weighted by atomic mass is 9.92. The highest BCUT2D eigenvalue weighted by Gasteiger charge is 2.33. The second-order valence-corrected chi connectivity index (χ2v) is 9.48. The Morgan fingerprint density at radius 1 is 1.15 bits per heavy atom. The highest BCUT2D eigenvalue weighted by molar-refractivity contribution is 6.28. The molecule has 1 aromatic rings. The molecule has 0 unspecified atom stereocenters. The molecule has 2 saturated heterocycles. The van der Waals surface area contributed by atoms with Gasteiger partial charge in [0.2, 0.25) is 17.0 Å². The van der Waals surface area contributed by atoms with Crippen LogP contribution in [0.15, 0.2) is 0 Å². The predicted molar refractivity (Wildman–Crippen MR) is 122 cm³/mol. The molecule has 12 heteroatoms. The van der Waals surface area contributed by atoms with Gasteiger partial charge in [-0.2, -0.15) is 14.4 Å². The molecule has 33 heavy (non-hydrogen) atoms. The monoisotopic (exact) mass is 483 g/mol. The summed E-state index contributed by atoms with van der Waals surface area (Å²) in [5.41, 5.74) is 5.04. The number of carbonyl (C=O) groups excluding carboxylic acids is 1. The molecule has 4 N–H and O–H groups in total. The van der Waals surface area contributed by atoms with Crippen LogP contribution in [-0.4, -0.2) is 70.7 Å². The first-order valence-electron chi connectivity index (χ1n) is 11.7. The molecule has 4 rings (SSSR count). The zero-order valence-corrected chi connectivity index (χ0v) is 19.3. The Bertz CT molecular complexity index is 871. The van der Waals surface area contributed by atoms with Crippen molar-refractivity contribution in [1.29, 1.82) is 0 Å². The summed E-state index contributed by atoms with van der Waals surface area (Å²) >= 11 is 6.07. The molecular weight excluding hydrogens is 453 g/mol. The van der Waals surface area contributed by atoms with Crippen LogP contribution in [0.1, 0.15) is 44.9 Å². The summed E-state index contributed by atoms with van der Waals surface area (Å²) in [5.74, 6) is -1.39. The van der Waals surface area contributed by atoms with Gasteiger partial charge in [0.05, 0.1) is 5.92 Å². The summed E-state index contributed by atoms with van der Waals surface area (Å²) in [6.45, 7) is 3.20. The Balaban J connectivity index is 1.41. The van der Waals surface area contributed by atoms with E-state index >= 15 is 4.39 Å². The second kappa shape index (κ2) is 10.7. The number of amides is 2. The Labute approximate surface area is 197 Å².